The molecule has 0 spiro atoms. The quantitative estimate of drug-likeness (QED) is 0.672. The number of hydrogen-bond donors (Lipinski definition) is 1. The van der Waals surface area contributed by atoms with Crippen LogP contribution in [0, 0.1) is 6.92 Å². The molecule has 3 aromatic heterocycles. The van der Waals surface area contributed by atoms with E-state index in [9.17, 15) is 18.0 Å². The van der Waals surface area contributed by atoms with Crippen molar-refractivity contribution in [1.29, 1.82) is 0 Å². The lowest BCUT2D eigenvalue weighted by Gasteiger charge is -2.09. The Labute approximate surface area is 145 Å². The van der Waals surface area contributed by atoms with Gasteiger partial charge in [-0.15, -0.1) is 0 Å². The minimum Gasteiger partial charge on any atom is -0.463 e. The number of carbonyl (C=O) groups excluding carboxylic acids is 1. The first-order valence-corrected chi connectivity index (χ1v) is 7.59. The summed E-state index contributed by atoms with van der Waals surface area (Å²) in [6, 6.07) is 4.85. The third kappa shape index (κ3) is 4.02. The molecule has 3 aromatic rings. The molecular weight excluding hydrogens is 355 g/mol. The summed E-state index contributed by atoms with van der Waals surface area (Å²) in [7, 11) is 0. The number of furan rings is 1. The third-order valence-electron chi connectivity index (χ3n) is 3.43. The van der Waals surface area contributed by atoms with Crippen molar-refractivity contribution >= 4 is 17.0 Å². The van der Waals surface area contributed by atoms with Crippen LogP contribution in [-0.4, -0.2) is 42.0 Å². The van der Waals surface area contributed by atoms with Crippen LogP contribution in [0.15, 0.2) is 33.4 Å². The highest BCUT2D eigenvalue weighted by atomic mass is 19.4. The molecule has 0 radical (unpaired) electrons. The molecule has 0 aliphatic rings. The van der Waals surface area contributed by atoms with Crippen LogP contribution in [0.25, 0.3) is 22.6 Å². The lowest BCUT2D eigenvalue weighted by Crippen LogP contribution is -2.29. The zero-order valence-electron chi connectivity index (χ0n) is 13.6. The van der Waals surface area contributed by atoms with E-state index in [1.165, 1.54) is 12.3 Å². The Kier molecular flexibility index (Phi) is 4.94. The standard InChI is InChI=1S/C16H14F3N3O4/c1-9-13-10(14(23)20-4-6-24-8-16(17,18)19)7-11(12-3-2-5-25-12)21-15(13)26-22-9/h2-3,5,7H,4,6,8H2,1H3,(H,20,23). The maximum Gasteiger partial charge on any atom is 0.411 e. The molecule has 26 heavy (non-hydrogen) atoms. The smallest absolute Gasteiger partial charge is 0.411 e. The number of carbonyl (C=O) groups is 1. The largest absolute Gasteiger partial charge is 0.463 e. The number of aryl methyl sites for hydroxylation is 1. The highest BCUT2D eigenvalue weighted by Gasteiger charge is 2.27. The van der Waals surface area contributed by atoms with E-state index in [1.807, 2.05) is 0 Å². The normalized spacial score (nSPS) is 11.8. The molecule has 0 bridgehead atoms. The Bertz CT molecular complexity index is 903. The maximum absolute atomic E-state index is 12.5. The first kappa shape index (κ1) is 17.9. The van der Waals surface area contributed by atoms with Crippen molar-refractivity contribution < 1.29 is 31.6 Å². The predicted molar refractivity (Wildman–Crippen MR) is 83.5 cm³/mol. The minimum absolute atomic E-state index is 0.0842. The Morgan fingerprint density at radius 3 is 2.88 bits per heavy atom. The van der Waals surface area contributed by atoms with Gasteiger partial charge in [0, 0.05) is 6.54 Å². The summed E-state index contributed by atoms with van der Waals surface area (Å²) in [5, 5.41) is 6.73. The number of aromatic nitrogens is 2. The van der Waals surface area contributed by atoms with E-state index in [0.29, 0.717) is 22.5 Å². The van der Waals surface area contributed by atoms with Gasteiger partial charge in [-0.2, -0.15) is 13.2 Å². The van der Waals surface area contributed by atoms with E-state index in [4.69, 9.17) is 8.94 Å². The summed E-state index contributed by atoms with van der Waals surface area (Å²) < 4.78 is 50.9. The molecule has 0 aliphatic heterocycles. The number of pyridine rings is 1. The number of rotatable bonds is 6. The summed E-state index contributed by atoms with van der Waals surface area (Å²) in [5.74, 6) is -0.0735. The average Bonchev–Trinajstić information content (AvgIpc) is 3.23. The molecule has 1 N–H and O–H groups in total. The van der Waals surface area contributed by atoms with E-state index < -0.39 is 18.7 Å². The van der Waals surface area contributed by atoms with Gasteiger partial charge in [-0.25, -0.2) is 4.98 Å². The molecule has 138 valence electrons. The van der Waals surface area contributed by atoms with Crippen LogP contribution < -0.4 is 5.32 Å². The molecule has 0 saturated heterocycles. The molecular formula is C16H14F3N3O4. The fraction of sp³-hybridized carbons (Fsp3) is 0.312. The van der Waals surface area contributed by atoms with Gasteiger partial charge >= 0.3 is 6.18 Å². The van der Waals surface area contributed by atoms with Crippen molar-refractivity contribution in [3.8, 4) is 11.5 Å². The number of nitrogens with one attached hydrogen (secondary N) is 1. The molecule has 3 rings (SSSR count). The number of fused-ring (bicyclic) bond motifs is 1. The second kappa shape index (κ2) is 7.16. The van der Waals surface area contributed by atoms with Crippen LogP contribution in [0.2, 0.25) is 0 Å². The van der Waals surface area contributed by atoms with Crippen LogP contribution in [0.5, 0.6) is 0 Å². The van der Waals surface area contributed by atoms with Gasteiger partial charge in [0.15, 0.2) is 5.76 Å². The number of alkyl halides is 3. The minimum atomic E-state index is -4.40. The molecule has 7 nitrogen and oxygen atoms in total. The SMILES string of the molecule is Cc1noc2nc(-c3ccco3)cc(C(=O)NCCOCC(F)(F)F)c12. The summed E-state index contributed by atoms with van der Waals surface area (Å²) in [5.41, 5.74) is 1.24. The second-order valence-electron chi connectivity index (χ2n) is 5.40. The monoisotopic (exact) mass is 369 g/mol. The molecule has 10 heteroatoms. The number of nitrogens with zero attached hydrogens (tertiary/aromatic N) is 2. The van der Waals surface area contributed by atoms with E-state index in [-0.39, 0.29) is 24.4 Å². The number of ether oxygens (including phenoxy) is 1. The van der Waals surface area contributed by atoms with Gasteiger partial charge in [-0.1, -0.05) is 5.16 Å². The van der Waals surface area contributed by atoms with Crippen LogP contribution in [0.1, 0.15) is 16.1 Å². The first-order valence-electron chi connectivity index (χ1n) is 7.59. The average molecular weight is 369 g/mol. The molecule has 0 fully saturated rings. The van der Waals surface area contributed by atoms with Crippen LogP contribution >= 0.6 is 0 Å². The Balaban J connectivity index is 1.77. The third-order valence-corrected chi connectivity index (χ3v) is 3.43. The van der Waals surface area contributed by atoms with Gasteiger partial charge in [-0.3, -0.25) is 4.79 Å². The summed E-state index contributed by atoms with van der Waals surface area (Å²) in [6.45, 7) is -0.0641. The molecule has 1 amide bonds. The van der Waals surface area contributed by atoms with Crippen LogP contribution in [0.4, 0.5) is 13.2 Å². The fourth-order valence-electron chi connectivity index (χ4n) is 2.34. The van der Waals surface area contributed by atoms with Gasteiger partial charge in [0.1, 0.15) is 12.3 Å². The highest BCUT2D eigenvalue weighted by molar-refractivity contribution is 6.06. The fourth-order valence-corrected chi connectivity index (χ4v) is 2.34. The highest BCUT2D eigenvalue weighted by Crippen LogP contribution is 2.27. The van der Waals surface area contributed by atoms with E-state index in [0.717, 1.165) is 0 Å². The number of halogens is 3. The van der Waals surface area contributed by atoms with Crippen molar-refractivity contribution in [2.24, 2.45) is 0 Å². The van der Waals surface area contributed by atoms with Crippen molar-refractivity contribution in [3.63, 3.8) is 0 Å². The van der Waals surface area contributed by atoms with Gasteiger partial charge in [0.25, 0.3) is 11.6 Å². The van der Waals surface area contributed by atoms with Crippen molar-refractivity contribution in [2.75, 3.05) is 19.8 Å². The van der Waals surface area contributed by atoms with Crippen LogP contribution in [0.3, 0.4) is 0 Å². The second-order valence-corrected chi connectivity index (χ2v) is 5.40. The maximum atomic E-state index is 12.5. The molecule has 0 aliphatic carbocycles. The summed E-state index contributed by atoms with van der Waals surface area (Å²) in [6.07, 6.45) is -2.94. The van der Waals surface area contributed by atoms with E-state index in [2.05, 4.69) is 20.2 Å². The summed E-state index contributed by atoms with van der Waals surface area (Å²) >= 11 is 0. The first-order chi connectivity index (χ1) is 12.3. The summed E-state index contributed by atoms with van der Waals surface area (Å²) in [4.78, 5) is 16.7. The molecule has 3 heterocycles. The molecule has 0 unspecified atom stereocenters. The molecule has 0 atom stereocenters. The van der Waals surface area contributed by atoms with Gasteiger partial charge in [0.05, 0.1) is 29.5 Å². The van der Waals surface area contributed by atoms with Gasteiger partial charge < -0.3 is 19.0 Å². The van der Waals surface area contributed by atoms with Crippen molar-refractivity contribution in [2.45, 2.75) is 13.1 Å². The van der Waals surface area contributed by atoms with E-state index in [1.54, 1.807) is 19.1 Å². The Morgan fingerprint density at radius 1 is 1.38 bits per heavy atom. The van der Waals surface area contributed by atoms with E-state index >= 15 is 0 Å². The lowest BCUT2D eigenvalue weighted by atomic mass is 10.1. The number of amides is 1. The Hall–Kier alpha value is -2.88. The zero-order chi connectivity index (χ0) is 18.7. The predicted octanol–water partition coefficient (Wildman–Crippen LogP) is 3.10. The van der Waals surface area contributed by atoms with Crippen molar-refractivity contribution in [1.82, 2.24) is 15.5 Å². The van der Waals surface area contributed by atoms with Crippen LogP contribution in [-0.2, 0) is 4.74 Å². The van der Waals surface area contributed by atoms with Gasteiger partial charge in [-0.05, 0) is 25.1 Å². The Morgan fingerprint density at radius 2 is 2.19 bits per heavy atom. The zero-order valence-corrected chi connectivity index (χ0v) is 13.6. The topological polar surface area (TPSA) is 90.4 Å². The molecule has 0 aromatic carbocycles. The number of hydrogen-bond acceptors (Lipinski definition) is 6. The molecule has 0 saturated carbocycles. The van der Waals surface area contributed by atoms with Gasteiger partial charge in [0.2, 0.25) is 0 Å². The van der Waals surface area contributed by atoms with Crippen molar-refractivity contribution in [3.05, 3.63) is 35.7 Å². The lowest BCUT2D eigenvalue weighted by molar-refractivity contribution is -0.173.